The second-order valence-corrected chi connectivity index (χ2v) is 6.58. The molecular formula is C16H33NO3. The molecule has 2 atom stereocenters. The highest BCUT2D eigenvalue weighted by Crippen LogP contribution is 2.21. The Bertz CT molecular complexity index is 261. The normalized spacial score (nSPS) is 14.7. The van der Waals surface area contributed by atoms with Gasteiger partial charge in [0.15, 0.2) is 0 Å². The molecule has 0 aliphatic heterocycles. The summed E-state index contributed by atoms with van der Waals surface area (Å²) in [5.74, 6) is 0.747. The zero-order valence-corrected chi connectivity index (χ0v) is 13.9. The van der Waals surface area contributed by atoms with Crippen LogP contribution in [0.1, 0.15) is 66.7 Å². The van der Waals surface area contributed by atoms with E-state index in [1.807, 2.05) is 20.8 Å². The molecule has 0 aromatic carbocycles. The Kier molecular flexibility index (Phi) is 9.64. The molecule has 4 nitrogen and oxygen atoms in total. The van der Waals surface area contributed by atoms with Gasteiger partial charge in [0, 0.05) is 13.2 Å². The predicted octanol–water partition coefficient (Wildman–Crippen LogP) is 3.73. The number of alkyl carbamates (subject to hydrolysis) is 1. The minimum Gasteiger partial charge on any atom is -0.444 e. The largest absolute Gasteiger partial charge is 0.444 e. The monoisotopic (exact) mass is 287 g/mol. The summed E-state index contributed by atoms with van der Waals surface area (Å²) < 4.78 is 5.20. The molecule has 0 saturated heterocycles. The molecular weight excluding hydrogens is 254 g/mol. The fourth-order valence-corrected chi connectivity index (χ4v) is 2.22. The Morgan fingerprint density at radius 2 is 1.90 bits per heavy atom. The van der Waals surface area contributed by atoms with E-state index in [2.05, 4.69) is 19.2 Å². The number of rotatable bonds is 9. The second kappa shape index (κ2) is 10.0. The van der Waals surface area contributed by atoms with Crippen molar-refractivity contribution in [3.8, 4) is 0 Å². The molecule has 0 rings (SSSR count). The molecule has 0 fully saturated rings. The van der Waals surface area contributed by atoms with Gasteiger partial charge in [-0.2, -0.15) is 0 Å². The van der Waals surface area contributed by atoms with Gasteiger partial charge in [0.05, 0.1) is 0 Å². The van der Waals surface area contributed by atoms with Gasteiger partial charge in [0.2, 0.25) is 0 Å². The van der Waals surface area contributed by atoms with Crippen molar-refractivity contribution in [3.63, 3.8) is 0 Å². The van der Waals surface area contributed by atoms with Crippen LogP contribution in [0.3, 0.4) is 0 Å². The van der Waals surface area contributed by atoms with E-state index in [0.717, 1.165) is 12.8 Å². The third-order valence-corrected chi connectivity index (χ3v) is 3.40. The number of ether oxygens (including phenoxy) is 1. The first-order valence-corrected chi connectivity index (χ1v) is 7.90. The number of aliphatic hydroxyl groups excluding tert-OH is 1. The molecule has 20 heavy (non-hydrogen) atoms. The van der Waals surface area contributed by atoms with E-state index in [-0.39, 0.29) is 12.5 Å². The van der Waals surface area contributed by atoms with Crippen molar-refractivity contribution in [2.24, 2.45) is 11.8 Å². The minimum absolute atomic E-state index is 0.110. The van der Waals surface area contributed by atoms with Gasteiger partial charge in [0.25, 0.3) is 0 Å². The van der Waals surface area contributed by atoms with Crippen molar-refractivity contribution in [1.29, 1.82) is 0 Å². The maximum absolute atomic E-state index is 11.6. The summed E-state index contributed by atoms with van der Waals surface area (Å²) in [5.41, 5.74) is -0.480. The standard InChI is InChI=1S/C16H33NO3/c1-6-8-9-13(7-2)10-14(12-18)11-17-15(19)20-16(3,4)5/h13-14,18H,6-12H2,1-5H3,(H,17,19). The molecule has 0 saturated carbocycles. The average Bonchev–Trinajstić information content (AvgIpc) is 2.36. The van der Waals surface area contributed by atoms with E-state index < -0.39 is 11.7 Å². The predicted molar refractivity (Wildman–Crippen MR) is 82.7 cm³/mol. The first kappa shape index (κ1) is 19.2. The van der Waals surface area contributed by atoms with Gasteiger partial charge in [-0.3, -0.25) is 0 Å². The molecule has 0 radical (unpaired) electrons. The quantitative estimate of drug-likeness (QED) is 0.679. The Morgan fingerprint density at radius 1 is 1.25 bits per heavy atom. The van der Waals surface area contributed by atoms with E-state index in [1.54, 1.807) is 0 Å². The molecule has 4 heteroatoms. The maximum atomic E-state index is 11.6. The summed E-state index contributed by atoms with van der Waals surface area (Å²) >= 11 is 0. The van der Waals surface area contributed by atoms with Crippen LogP contribution in [0.25, 0.3) is 0 Å². The fraction of sp³-hybridized carbons (Fsp3) is 0.938. The van der Waals surface area contributed by atoms with E-state index >= 15 is 0 Å². The summed E-state index contributed by atoms with van der Waals surface area (Å²) in [6, 6.07) is 0. The van der Waals surface area contributed by atoms with E-state index in [0.29, 0.717) is 12.5 Å². The highest BCUT2D eigenvalue weighted by molar-refractivity contribution is 5.67. The van der Waals surface area contributed by atoms with Gasteiger partial charge in [-0.15, -0.1) is 0 Å². The second-order valence-electron chi connectivity index (χ2n) is 6.58. The smallest absolute Gasteiger partial charge is 0.407 e. The van der Waals surface area contributed by atoms with Crippen LogP contribution in [0, 0.1) is 11.8 Å². The highest BCUT2D eigenvalue weighted by atomic mass is 16.6. The van der Waals surface area contributed by atoms with E-state index in [4.69, 9.17) is 4.74 Å². The molecule has 0 aliphatic rings. The molecule has 2 N–H and O–H groups in total. The first-order chi connectivity index (χ1) is 9.32. The first-order valence-electron chi connectivity index (χ1n) is 7.90. The van der Waals surface area contributed by atoms with Crippen molar-refractivity contribution in [3.05, 3.63) is 0 Å². The molecule has 120 valence electrons. The van der Waals surface area contributed by atoms with Crippen LogP contribution in [0.5, 0.6) is 0 Å². The number of hydrogen-bond acceptors (Lipinski definition) is 3. The zero-order valence-electron chi connectivity index (χ0n) is 13.9. The van der Waals surface area contributed by atoms with Crippen LogP contribution in [0.4, 0.5) is 4.79 Å². The summed E-state index contributed by atoms with van der Waals surface area (Å²) in [6.45, 7) is 10.5. The van der Waals surface area contributed by atoms with E-state index in [1.165, 1.54) is 19.3 Å². The maximum Gasteiger partial charge on any atom is 0.407 e. The molecule has 0 aliphatic carbocycles. The topological polar surface area (TPSA) is 58.6 Å². The van der Waals surface area contributed by atoms with Gasteiger partial charge in [-0.25, -0.2) is 4.79 Å². The van der Waals surface area contributed by atoms with Gasteiger partial charge >= 0.3 is 6.09 Å². The number of nitrogens with one attached hydrogen (secondary N) is 1. The molecule has 2 unspecified atom stereocenters. The lowest BCUT2D eigenvalue weighted by Gasteiger charge is -2.23. The molecule has 0 aromatic heterocycles. The fourth-order valence-electron chi connectivity index (χ4n) is 2.22. The Labute approximate surface area is 124 Å². The third kappa shape index (κ3) is 10.1. The summed E-state index contributed by atoms with van der Waals surface area (Å²) in [6.07, 6.45) is 5.33. The van der Waals surface area contributed by atoms with Gasteiger partial charge in [0.1, 0.15) is 5.60 Å². The van der Waals surface area contributed by atoms with Crippen molar-refractivity contribution < 1.29 is 14.6 Å². The molecule has 0 heterocycles. The van der Waals surface area contributed by atoms with Crippen LogP contribution < -0.4 is 5.32 Å². The average molecular weight is 287 g/mol. The van der Waals surface area contributed by atoms with Gasteiger partial charge in [-0.1, -0.05) is 39.5 Å². The Balaban J connectivity index is 4.10. The van der Waals surface area contributed by atoms with Crippen LogP contribution in [-0.2, 0) is 4.74 Å². The number of unbranched alkanes of at least 4 members (excludes halogenated alkanes) is 1. The SMILES string of the molecule is CCCCC(CC)CC(CO)CNC(=O)OC(C)(C)C. The molecule has 1 amide bonds. The Hall–Kier alpha value is -0.770. The highest BCUT2D eigenvalue weighted by Gasteiger charge is 2.19. The van der Waals surface area contributed by atoms with Crippen LogP contribution >= 0.6 is 0 Å². The van der Waals surface area contributed by atoms with Crippen molar-refractivity contribution >= 4 is 6.09 Å². The lowest BCUT2D eigenvalue weighted by molar-refractivity contribution is 0.0508. The summed E-state index contributed by atoms with van der Waals surface area (Å²) in [5, 5.41) is 12.2. The van der Waals surface area contributed by atoms with Crippen LogP contribution in [0.15, 0.2) is 0 Å². The number of hydrogen-bond donors (Lipinski definition) is 2. The van der Waals surface area contributed by atoms with Crippen LogP contribution in [-0.4, -0.2) is 30.0 Å². The summed E-state index contributed by atoms with van der Waals surface area (Å²) in [4.78, 5) is 11.6. The lowest BCUT2D eigenvalue weighted by Crippen LogP contribution is -2.36. The third-order valence-electron chi connectivity index (χ3n) is 3.40. The number of carbonyl (C=O) groups is 1. The summed E-state index contributed by atoms with van der Waals surface area (Å²) in [7, 11) is 0. The van der Waals surface area contributed by atoms with Gasteiger partial charge < -0.3 is 15.2 Å². The minimum atomic E-state index is -0.480. The van der Waals surface area contributed by atoms with E-state index in [9.17, 15) is 9.90 Å². The van der Waals surface area contributed by atoms with Crippen molar-refractivity contribution in [2.75, 3.05) is 13.2 Å². The van der Waals surface area contributed by atoms with Crippen molar-refractivity contribution in [1.82, 2.24) is 5.32 Å². The Morgan fingerprint density at radius 3 is 2.35 bits per heavy atom. The number of carbonyl (C=O) groups excluding carboxylic acids is 1. The lowest BCUT2D eigenvalue weighted by atomic mass is 9.89. The van der Waals surface area contributed by atoms with Crippen LogP contribution in [0.2, 0.25) is 0 Å². The molecule has 0 spiro atoms. The number of aliphatic hydroxyl groups is 1. The molecule has 0 bridgehead atoms. The number of amides is 1. The molecule has 0 aromatic rings. The zero-order chi connectivity index (χ0) is 15.6. The van der Waals surface area contributed by atoms with Crippen molar-refractivity contribution in [2.45, 2.75) is 72.3 Å². The van der Waals surface area contributed by atoms with Gasteiger partial charge in [-0.05, 0) is 39.0 Å².